The summed E-state index contributed by atoms with van der Waals surface area (Å²) in [6.07, 6.45) is 2.34. The molecule has 0 radical (unpaired) electrons. The van der Waals surface area contributed by atoms with Gasteiger partial charge < -0.3 is 15.5 Å². The van der Waals surface area contributed by atoms with Crippen LogP contribution < -0.4 is 10.6 Å². The van der Waals surface area contributed by atoms with Crippen LogP contribution in [0.3, 0.4) is 0 Å². The Balaban J connectivity index is 1.83. The number of aryl methyl sites for hydroxylation is 2. The predicted octanol–water partition coefficient (Wildman–Crippen LogP) is 3.07. The first kappa shape index (κ1) is 15.3. The Morgan fingerprint density at radius 2 is 1.80 bits per heavy atom. The molecule has 0 aliphatic carbocycles. The second-order valence-corrected chi connectivity index (χ2v) is 6.09. The Bertz CT molecular complexity index is 445. The van der Waals surface area contributed by atoms with E-state index in [1.54, 1.807) is 0 Å². The fourth-order valence-electron chi connectivity index (χ4n) is 2.79. The minimum Gasteiger partial charge on any atom is -0.360 e. The Kier molecular flexibility index (Phi) is 5.38. The van der Waals surface area contributed by atoms with E-state index >= 15 is 0 Å². The highest BCUT2D eigenvalue weighted by molar-refractivity contribution is 7.80. The van der Waals surface area contributed by atoms with Crippen LogP contribution in [0.1, 0.15) is 30.9 Å². The average molecular weight is 291 g/mol. The molecule has 0 aromatic heterocycles. The van der Waals surface area contributed by atoms with Gasteiger partial charge in [-0.05, 0) is 68.7 Å². The van der Waals surface area contributed by atoms with E-state index in [-0.39, 0.29) is 0 Å². The molecule has 4 heteroatoms. The van der Waals surface area contributed by atoms with Gasteiger partial charge in [0.25, 0.3) is 0 Å². The van der Waals surface area contributed by atoms with Crippen LogP contribution in [0.2, 0.25) is 0 Å². The van der Waals surface area contributed by atoms with Gasteiger partial charge in [-0.1, -0.05) is 13.0 Å². The predicted molar refractivity (Wildman–Crippen MR) is 90.4 cm³/mol. The molecule has 2 rings (SSSR count). The van der Waals surface area contributed by atoms with Crippen molar-refractivity contribution in [3.05, 3.63) is 29.3 Å². The number of benzene rings is 1. The zero-order valence-corrected chi connectivity index (χ0v) is 13.5. The van der Waals surface area contributed by atoms with Crippen LogP contribution in [0, 0.1) is 13.8 Å². The first-order valence-electron chi connectivity index (χ1n) is 7.45. The third-order valence-electron chi connectivity index (χ3n) is 3.85. The van der Waals surface area contributed by atoms with E-state index in [0.717, 1.165) is 17.3 Å². The lowest BCUT2D eigenvalue weighted by Gasteiger charge is -2.32. The second kappa shape index (κ2) is 7.04. The van der Waals surface area contributed by atoms with Gasteiger partial charge in [-0.2, -0.15) is 0 Å². The molecule has 0 atom stereocenters. The Morgan fingerprint density at radius 3 is 2.35 bits per heavy atom. The van der Waals surface area contributed by atoms with Gasteiger partial charge in [0.05, 0.1) is 0 Å². The standard InChI is InChI=1S/C16H25N3S/c1-4-19-7-5-14(6-8-19)17-16(20)18-15-10-12(2)9-13(3)11-15/h9-11,14H,4-8H2,1-3H3,(H2,17,18,20). The quantitative estimate of drug-likeness (QED) is 0.837. The highest BCUT2D eigenvalue weighted by Crippen LogP contribution is 2.14. The minimum absolute atomic E-state index is 0.503. The zero-order chi connectivity index (χ0) is 14.5. The monoisotopic (exact) mass is 291 g/mol. The normalized spacial score (nSPS) is 16.9. The molecule has 0 amide bonds. The number of nitrogens with one attached hydrogen (secondary N) is 2. The lowest BCUT2D eigenvalue weighted by molar-refractivity contribution is 0.216. The van der Waals surface area contributed by atoms with Gasteiger partial charge in [0.1, 0.15) is 0 Å². The van der Waals surface area contributed by atoms with Crippen molar-refractivity contribution in [2.75, 3.05) is 25.0 Å². The molecule has 0 saturated carbocycles. The van der Waals surface area contributed by atoms with E-state index in [9.17, 15) is 0 Å². The molecule has 1 saturated heterocycles. The van der Waals surface area contributed by atoms with E-state index in [2.05, 4.69) is 54.5 Å². The van der Waals surface area contributed by atoms with E-state index in [1.807, 2.05) is 0 Å². The molecule has 20 heavy (non-hydrogen) atoms. The molecule has 1 aromatic rings. The smallest absolute Gasteiger partial charge is 0.170 e. The van der Waals surface area contributed by atoms with Crippen molar-refractivity contribution in [2.24, 2.45) is 0 Å². The lowest BCUT2D eigenvalue weighted by atomic mass is 10.1. The van der Waals surface area contributed by atoms with E-state index in [4.69, 9.17) is 12.2 Å². The van der Waals surface area contributed by atoms with Gasteiger partial charge >= 0.3 is 0 Å². The molecular formula is C16H25N3S. The summed E-state index contributed by atoms with van der Waals surface area (Å²) in [6, 6.07) is 6.92. The lowest BCUT2D eigenvalue weighted by Crippen LogP contribution is -2.45. The summed E-state index contributed by atoms with van der Waals surface area (Å²) in [5.41, 5.74) is 3.59. The number of rotatable bonds is 3. The van der Waals surface area contributed by atoms with Gasteiger partial charge in [-0.3, -0.25) is 0 Å². The molecule has 0 unspecified atom stereocenters. The van der Waals surface area contributed by atoms with Crippen molar-refractivity contribution < 1.29 is 0 Å². The zero-order valence-electron chi connectivity index (χ0n) is 12.7. The number of anilines is 1. The maximum Gasteiger partial charge on any atom is 0.170 e. The second-order valence-electron chi connectivity index (χ2n) is 5.68. The van der Waals surface area contributed by atoms with Gasteiger partial charge in [-0.25, -0.2) is 0 Å². The van der Waals surface area contributed by atoms with Crippen molar-refractivity contribution >= 4 is 23.0 Å². The van der Waals surface area contributed by atoms with Gasteiger partial charge in [0.15, 0.2) is 5.11 Å². The van der Waals surface area contributed by atoms with Crippen molar-refractivity contribution in [3.8, 4) is 0 Å². The molecular weight excluding hydrogens is 266 g/mol. The Hall–Kier alpha value is -1.13. The minimum atomic E-state index is 0.503. The molecule has 1 aliphatic heterocycles. The molecule has 1 aliphatic rings. The summed E-state index contributed by atoms with van der Waals surface area (Å²) in [5.74, 6) is 0. The van der Waals surface area contributed by atoms with Crippen molar-refractivity contribution in [2.45, 2.75) is 39.7 Å². The third kappa shape index (κ3) is 4.46. The SMILES string of the molecule is CCN1CCC(NC(=S)Nc2cc(C)cc(C)c2)CC1. The van der Waals surface area contributed by atoms with Crippen LogP contribution in [-0.2, 0) is 0 Å². The summed E-state index contributed by atoms with van der Waals surface area (Å²) in [7, 11) is 0. The number of likely N-dealkylation sites (tertiary alicyclic amines) is 1. The number of thiocarbonyl (C=S) groups is 1. The highest BCUT2D eigenvalue weighted by atomic mass is 32.1. The molecule has 3 nitrogen and oxygen atoms in total. The van der Waals surface area contributed by atoms with Crippen LogP contribution in [0.15, 0.2) is 18.2 Å². The summed E-state index contributed by atoms with van der Waals surface area (Å²) in [5, 5.41) is 7.49. The molecule has 110 valence electrons. The topological polar surface area (TPSA) is 27.3 Å². The fourth-order valence-corrected chi connectivity index (χ4v) is 3.08. The number of nitrogens with zero attached hydrogens (tertiary/aromatic N) is 1. The van der Waals surface area contributed by atoms with E-state index in [1.165, 1.54) is 37.1 Å². The first-order valence-corrected chi connectivity index (χ1v) is 7.86. The molecule has 1 aromatic carbocycles. The maximum atomic E-state index is 5.43. The largest absolute Gasteiger partial charge is 0.360 e. The van der Waals surface area contributed by atoms with E-state index < -0.39 is 0 Å². The van der Waals surface area contributed by atoms with Crippen LogP contribution >= 0.6 is 12.2 Å². The van der Waals surface area contributed by atoms with Crippen LogP contribution in [0.5, 0.6) is 0 Å². The Labute approximate surface area is 127 Å². The summed E-state index contributed by atoms with van der Waals surface area (Å²) in [4.78, 5) is 2.48. The highest BCUT2D eigenvalue weighted by Gasteiger charge is 2.18. The van der Waals surface area contributed by atoms with Crippen LogP contribution in [0.25, 0.3) is 0 Å². The number of hydrogen-bond donors (Lipinski definition) is 2. The summed E-state index contributed by atoms with van der Waals surface area (Å²) < 4.78 is 0. The average Bonchev–Trinajstić information content (AvgIpc) is 2.38. The Morgan fingerprint density at radius 1 is 1.20 bits per heavy atom. The first-order chi connectivity index (χ1) is 9.56. The van der Waals surface area contributed by atoms with Gasteiger partial charge in [0.2, 0.25) is 0 Å². The van der Waals surface area contributed by atoms with Gasteiger partial charge in [0, 0.05) is 24.8 Å². The molecule has 2 N–H and O–H groups in total. The maximum absolute atomic E-state index is 5.43. The van der Waals surface area contributed by atoms with Gasteiger partial charge in [-0.15, -0.1) is 0 Å². The molecule has 0 bridgehead atoms. The van der Waals surface area contributed by atoms with Crippen molar-refractivity contribution in [1.29, 1.82) is 0 Å². The van der Waals surface area contributed by atoms with Crippen LogP contribution in [-0.4, -0.2) is 35.7 Å². The van der Waals surface area contributed by atoms with Crippen LogP contribution in [0.4, 0.5) is 5.69 Å². The third-order valence-corrected chi connectivity index (χ3v) is 4.07. The molecule has 1 fully saturated rings. The molecule has 1 heterocycles. The van der Waals surface area contributed by atoms with Crippen molar-refractivity contribution in [1.82, 2.24) is 10.2 Å². The number of hydrogen-bond acceptors (Lipinski definition) is 2. The summed E-state index contributed by atoms with van der Waals surface area (Å²) in [6.45, 7) is 9.92. The van der Waals surface area contributed by atoms with E-state index in [0.29, 0.717) is 6.04 Å². The summed E-state index contributed by atoms with van der Waals surface area (Å²) >= 11 is 5.43. The molecule has 0 spiro atoms. The van der Waals surface area contributed by atoms with Crippen molar-refractivity contribution in [3.63, 3.8) is 0 Å². The number of piperidine rings is 1. The fraction of sp³-hybridized carbons (Fsp3) is 0.562.